The van der Waals surface area contributed by atoms with Gasteiger partial charge in [0.15, 0.2) is 0 Å². The molecule has 0 aromatic heterocycles. The number of hydrogen-bond acceptors (Lipinski definition) is 1. The van der Waals surface area contributed by atoms with Crippen molar-refractivity contribution in [3.05, 3.63) is 23.3 Å². The highest BCUT2D eigenvalue weighted by atomic mass is 19.4. The van der Waals surface area contributed by atoms with Gasteiger partial charge in [-0.1, -0.05) is 12.2 Å². The molecular weight excluding hydrogens is 169 g/mol. The van der Waals surface area contributed by atoms with Crippen molar-refractivity contribution >= 4 is 6.29 Å². The van der Waals surface area contributed by atoms with E-state index in [-0.39, 0.29) is 18.3 Å². The molecule has 12 heavy (non-hydrogen) atoms. The Bertz CT molecular complexity index is 248. The minimum Gasteiger partial charge on any atom is -0.298 e. The summed E-state index contributed by atoms with van der Waals surface area (Å²) in [4.78, 5) is 10.2. The largest absolute Gasteiger partial charge is 0.413 e. The number of carbonyl (C=O) groups is 1. The zero-order valence-corrected chi connectivity index (χ0v) is 6.19. The van der Waals surface area contributed by atoms with Gasteiger partial charge in [-0.05, 0) is 12.8 Å². The molecule has 0 radical (unpaired) electrons. The third-order valence-corrected chi connectivity index (χ3v) is 1.68. The van der Waals surface area contributed by atoms with E-state index in [1.165, 1.54) is 6.08 Å². The standard InChI is InChI=1S/C8H7F3O/c9-8(10,11)7-4-2-1-3-6(7)5-12/h1,3,5H,2,4H2. The minimum atomic E-state index is -4.36. The van der Waals surface area contributed by atoms with Crippen LogP contribution in [0.2, 0.25) is 0 Å². The molecule has 0 aliphatic heterocycles. The van der Waals surface area contributed by atoms with Crippen molar-refractivity contribution in [2.45, 2.75) is 19.0 Å². The van der Waals surface area contributed by atoms with Crippen LogP contribution in [-0.4, -0.2) is 12.5 Å². The molecule has 1 aliphatic carbocycles. The number of hydrogen-bond donors (Lipinski definition) is 0. The summed E-state index contributed by atoms with van der Waals surface area (Å²) in [5, 5.41) is 0. The fraction of sp³-hybridized carbons (Fsp3) is 0.375. The van der Waals surface area contributed by atoms with Crippen LogP contribution in [0.1, 0.15) is 12.8 Å². The van der Waals surface area contributed by atoms with Gasteiger partial charge in [-0.15, -0.1) is 0 Å². The summed E-state index contributed by atoms with van der Waals surface area (Å²) in [6, 6.07) is 0. The Kier molecular flexibility index (Phi) is 2.35. The van der Waals surface area contributed by atoms with Gasteiger partial charge in [-0.3, -0.25) is 4.79 Å². The Hall–Kier alpha value is -1.06. The molecule has 1 rings (SSSR count). The van der Waals surface area contributed by atoms with Gasteiger partial charge in [0.25, 0.3) is 0 Å². The van der Waals surface area contributed by atoms with E-state index >= 15 is 0 Å². The molecule has 0 spiro atoms. The average Bonchev–Trinajstić information content (AvgIpc) is 2.03. The molecule has 0 aromatic rings. The molecule has 0 saturated heterocycles. The summed E-state index contributed by atoms with van der Waals surface area (Å²) in [5.74, 6) is 0. The lowest BCUT2D eigenvalue weighted by molar-refractivity contribution is -0.108. The molecule has 0 bridgehead atoms. The third kappa shape index (κ3) is 1.75. The van der Waals surface area contributed by atoms with Crippen molar-refractivity contribution in [1.29, 1.82) is 0 Å². The lowest BCUT2D eigenvalue weighted by atomic mass is 9.98. The van der Waals surface area contributed by atoms with Crippen LogP contribution < -0.4 is 0 Å². The SMILES string of the molecule is O=CC1=C(C(F)(F)F)CCC=C1. The maximum absolute atomic E-state index is 12.1. The smallest absolute Gasteiger partial charge is 0.298 e. The molecule has 0 aromatic carbocycles. The molecule has 1 aliphatic rings. The zero-order valence-electron chi connectivity index (χ0n) is 6.19. The maximum Gasteiger partial charge on any atom is 0.413 e. The number of aldehydes is 1. The van der Waals surface area contributed by atoms with E-state index < -0.39 is 11.7 Å². The van der Waals surface area contributed by atoms with Crippen LogP contribution >= 0.6 is 0 Å². The summed E-state index contributed by atoms with van der Waals surface area (Å²) < 4.78 is 36.4. The van der Waals surface area contributed by atoms with E-state index in [1.807, 2.05) is 0 Å². The predicted octanol–water partition coefficient (Wildman–Crippen LogP) is 2.39. The number of allylic oxidation sites excluding steroid dienone is 4. The Morgan fingerprint density at radius 3 is 2.50 bits per heavy atom. The van der Waals surface area contributed by atoms with Gasteiger partial charge in [0.05, 0.1) is 0 Å². The van der Waals surface area contributed by atoms with Crippen molar-refractivity contribution in [2.24, 2.45) is 0 Å². The summed E-state index contributed by atoms with van der Waals surface area (Å²) >= 11 is 0. The summed E-state index contributed by atoms with van der Waals surface area (Å²) in [5.41, 5.74) is -0.950. The van der Waals surface area contributed by atoms with Gasteiger partial charge in [0.2, 0.25) is 0 Å². The molecule has 0 unspecified atom stereocenters. The monoisotopic (exact) mass is 176 g/mol. The van der Waals surface area contributed by atoms with Crippen LogP contribution in [0.3, 0.4) is 0 Å². The van der Waals surface area contributed by atoms with Gasteiger partial charge < -0.3 is 0 Å². The van der Waals surface area contributed by atoms with E-state index in [9.17, 15) is 18.0 Å². The van der Waals surface area contributed by atoms with Crippen LogP contribution in [0.25, 0.3) is 0 Å². The molecule has 4 heteroatoms. The second-order valence-electron chi connectivity index (χ2n) is 2.49. The quantitative estimate of drug-likeness (QED) is 0.560. The van der Waals surface area contributed by atoms with Crippen molar-refractivity contribution in [2.75, 3.05) is 0 Å². The van der Waals surface area contributed by atoms with E-state index in [1.54, 1.807) is 6.08 Å². The first-order valence-corrected chi connectivity index (χ1v) is 3.48. The molecule has 1 nitrogen and oxygen atoms in total. The molecule has 0 N–H and O–H groups in total. The Labute approximate surface area is 67.6 Å². The highest BCUT2D eigenvalue weighted by Crippen LogP contribution is 2.33. The molecule has 0 amide bonds. The van der Waals surface area contributed by atoms with Gasteiger partial charge in [0.1, 0.15) is 6.29 Å². The Balaban J connectivity index is 3.04. The van der Waals surface area contributed by atoms with Gasteiger partial charge in [0, 0.05) is 11.1 Å². The maximum atomic E-state index is 12.1. The highest BCUT2D eigenvalue weighted by Gasteiger charge is 2.35. The molecular formula is C8H7F3O. The van der Waals surface area contributed by atoms with Crippen LogP contribution in [0.15, 0.2) is 23.3 Å². The molecule has 0 atom stereocenters. The van der Waals surface area contributed by atoms with Gasteiger partial charge >= 0.3 is 6.18 Å². The van der Waals surface area contributed by atoms with Crippen molar-refractivity contribution in [3.8, 4) is 0 Å². The van der Waals surface area contributed by atoms with Gasteiger partial charge in [-0.25, -0.2) is 0 Å². The topological polar surface area (TPSA) is 17.1 Å². The number of rotatable bonds is 1. The first kappa shape index (κ1) is 9.03. The van der Waals surface area contributed by atoms with Crippen LogP contribution in [0, 0.1) is 0 Å². The Morgan fingerprint density at radius 2 is 2.08 bits per heavy atom. The minimum absolute atomic E-state index is 0.0892. The Morgan fingerprint density at radius 1 is 1.42 bits per heavy atom. The number of halogens is 3. The van der Waals surface area contributed by atoms with E-state index in [2.05, 4.69) is 0 Å². The fourth-order valence-corrected chi connectivity index (χ4v) is 1.10. The van der Waals surface area contributed by atoms with Crippen LogP contribution in [0.5, 0.6) is 0 Å². The molecule has 0 saturated carbocycles. The molecule has 0 heterocycles. The lowest BCUT2D eigenvalue weighted by Gasteiger charge is -2.14. The lowest BCUT2D eigenvalue weighted by Crippen LogP contribution is -2.16. The van der Waals surface area contributed by atoms with Crippen molar-refractivity contribution in [1.82, 2.24) is 0 Å². The van der Waals surface area contributed by atoms with Gasteiger partial charge in [-0.2, -0.15) is 13.2 Å². The van der Waals surface area contributed by atoms with E-state index in [0.717, 1.165) is 0 Å². The number of alkyl halides is 3. The normalized spacial score (nSPS) is 18.2. The summed E-state index contributed by atoms with van der Waals surface area (Å²) in [6.45, 7) is 0. The van der Waals surface area contributed by atoms with E-state index in [0.29, 0.717) is 6.42 Å². The molecule has 0 fully saturated rings. The molecule has 66 valence electrons. The second kappa shape index (κ2) is 3.13. The highest BCUT2D eigenvalue weighted by molar-refractivity contribution is 5.79. The van der Waals surface area contributed by atoms with Crippen LogP contribution in [-0.2, 0) is 4.79 Å². The first-order chi connectivity index (χ1) is 5.55. The van der Waals surface area contributed by atoms with Crippen molar-refractivity contribution < 1.29 is 18.0 Å². The predicted molar refractivity (Wildman–Crippen MR) is 37.5 cm³/mol. The zero-order chi connectivity index (χ0) is 9.19. The third-order valence-electron chi connectivity index (χ3n) is 1.68. The summed E-state index contributed by atoms with van der Waals surface area (Å²) in [6.07, 6.45) is -1.06. The second-order valence-corrected chi connectivity index (χ2v) is 2.49. The average molecular weight is 176 g/mol. The van der Waals surface area contributed by atoms with Crippen LogP contribution in [0.4, 0.5) is 13.2 Å². The fourth-order valence-electron chi connectivity index (χ4n) is 1.10. The first-order valence-electron chi connectivity index (χ1n) is 3.48. The van der Waals surface area contributed by atoms with Crippen molar-refractivity contribution in [3.63, 3.8) is 0 Å². The number of carbonyl (C=O) groups excluding carboxylic acids is 1. The van der Waals surface area contributed by atoms with E-state index in [4.69, 9.17) is 0 Å². The summed E-state index contributed by atoms with van der Waals surface area (Å²) in [7, 11) is 0.